The fourth-order valence-electron chi connectivity index (χ4n) is 2.58. The van der Waals surface area contributed by atoms with Gasteiger partial charge in [0.25, 0.3) is 0 Å². The number of halogens is 1. The van der Waals surface area contributed by atoms with Gasteiger partial charge in [0.15, 0.2) is 0 Å². The van der Waals surface area contributed by atoms with Crippen LogP contribution in [-0.4, -0.2) is 42.2 Å². The smallest absolute Gasteiger partial charge is 0.321 e. The highest BCUT2D eigenvalue weighted by atomic mass is 79.9. The summed E-state index contributed by atoms with van der Waals surface area (Å²) in [6.07, 6.45) is 1.31. The van der Waals surface area contributed by atoms with Crippen molar-refractivity contribution in [3.05, 3.63) is 22.2 Å². The minimum atomic E-state index is -0.852. The molecule has 2 rings (SSSR count). The van der Waals surface area contributed by atoms with Crippen molar-refractivity contribution in [2.24, 2.45) is 5.92 Å². The number of anilines is 1. The molecule has 0 spiro atoms. The maximum absolute atomic E-state index is 12.4. The molecule has 0 aromatic heterocycles. The number of methoxy groups -OCH3 is 1. The summed E-state index contributed by atoms with van der Waals surface area (Å²) in [5.74, 6) is -0.783. The number of nitrogens with one attached hydrogen (secondary N) is 1. The highest BCUT2D eigenvalue weighted by molar-refractivity contribution is 9.10. The highest BCUT2D eigenvalue weighted by Crippen LogP contribution is 2.32. The fourth-order valence-corrected chi connectivity index (χ4v) is 3.13. The van der Waals surface area contributed by atoms with E-state index in [9.17, 15) is 9.59 Å². The molecule has 6 nitrogen and oxygen atoms in total. The van der Waals surface area contributed by atoms with Gasteiger partial charge in [-0.05, 0) is 37.5 Å². The van der Waals surface area contributed by atoms with Gasteiger partial charge in [0, 0.05) is 17.6 Å². The van der Waals surface area contributed by atoms with Crippen LogP contribution in [0.4, 0.5) is 10.5 Å². The summed E-state index contributed by atoms with van der Waals surface area (Å²) in [5, 5.41) is 11.9. The van der Waals surface area contributed by atoms with Crippen LogP contribution in [0, 0.1) is 12.8 Å². The molecule has 1 heterocycles. The predicted molar refractivity (Wildman–Crippen MR) is 86.4 cm³/mol. The lowest BCUT2D eigenvalue weighted by atomic mass is 9.99. The molecule has 7 heteroatoms. The molecule has 22 heavy (non-hydrogen) atoms. The molecule has 1 aliphatic rings. The molecule has 0 bridgehead atoms. The van der Waals surface area contributed by atoms with Crippen LogP contribution in [0.2, 0.25) is 0 Å². The van der Waals surface area contributed by atoms with Crippen LogP contribution in [0.3, 0.4) is 0 Å². The Hall–Kier alpha value is -1.76. The zero-order valence-electron chi connectivity index (χ0n) is 12.6. The van der Waals surface area contributed by atoms with Gasteiger partial charge < -0.3 is 20.1 Å². The maximum atomic E-state index is 12.4. The van der Waals surface area contributed by atoms with Gasteiger partial charge in [-0.15, -0.1) is 0 Å². The summed E-state index contributed by atoms with van der Waals surface area (Å²) in [7, 11) is 1.54. The first-order valence-electron chi connectivity index (χ1n) is 7.05. The van der Waals surface area contributed by atoms with E-state index in [1.807, 2.05) is 13.0 Å². The topological polar surface area (TPSA) is 78.9 Å². The summed E-state index contributed by atoms with van der Waals surface area (Å²) < 4.78 is 6.16. The Bertz CT molecular complexity index is 591. The van der Waals surface area contributed by atoms with Crippen LogP contribution in [0.25, 0.3) is 0 Å². The molecule has 0 saturated carbocycles. The third-order valence-corrected chi connectivity index (χ3v) is 4.23. The first-order chi connectivity index (χ1) is 10.4. The third-order valence-electron chi connectivity index (χ3n) is 3.77. The maximum Gasteiger partial charge on any atom is 0.321 e. The first-order valence-corrected chi connectivity index (χ1v) is 7.84. The number of nitrogens with zero attached hydrogens (tertiary/aromatic N) is 1. The average molecular weight is 371 g/mol. The molecule has 1 saturated heterocycles. The number of rotatable bonds is 3. The number of hydrogen-bond acceptors (Lipinski definition) is 3. The number of carboxylic acids is 1. The number of piperidine rings is 1. The van der Waals surface area contributed by atoms with E-state index in [2.05, 4.69) is 21.2 Å². The summed E-state index contributed by atoms with van der Waals surface area (Å²) in [4.78, 5) is 25.0. The number of carbonyl (C=O) groups excluding carboxylic acids is 1. The van der Waals surface area contributed by atoms with Gasteiger partial charge in [0.2, 0.25) is 0 Å². The molecular weight excluding hydrogens is 352 g/mol. The van der Waals surface area contributed by atoms with Crippen molar-refractivity contribution in [2.45, 2.75) is 19.8 Å². The van der Waals surface area contributed by atoms with Crippen molar-refractivity contribution in [2.75, 3.05) is 25.5 Å². The molecule has 1 aromatic rings. The minimum absolute atomic E-state index is 0.235. The van der Waals surface area contributed by atoms with E-state index in [0.29, 0.717) is 30.8 Å². The van der Waals surface area contributed by atoms with Crippen LogP contribution in [0.5, 0.6) is 5.75 Å². The number of amides is 2. The zero-order chi connectivity index (χ0) is 16.3. The van der Waals surface area contributed by atoms with Gasteiger partial charge in [-0.1, -0.05) is 15.9 Å². The Kier molecular flexibility index (Phi) is 5.28. The number of aryl methyl sites for hydroxylation is 1. The van der Waals surface area contributed by atoms with Crippen LogP contribution in [0.1, 0.15) is 18.4 Å². The first kappa shape index (κ1) is 16.6. The van der Waals surface area contributed by atoms with Crippen molar-refractivity contribution >= 4 is 33.6 Å². The second-order valence-electron chi connectivity index (χ2n) is 5.35. The summed E-state index contributed by atoms with van der Waals surface area (Å²) >= 11 is 3.39. The average Bonchev–Trinajstić information content (AvgIpc) is 2.49. The van der Waals surface area contributed by atoms with E-state index in [1.54, 1.807) is 11.0 Å². The van der Waals surface area contributed by atoms with E-state index in [0.717, 1.165) is 10.0 Å². The molecule has 1 aromatic carbocycles. The molecule has 0 radical (unpaired) electrons. The lowest BCUT2D eigenvalue weighted by molar-refractivity contribution is -0.143. The summed E-state index contributed by atoms with van der Waals surface area (Å²) in [5.41, 5.74) is 1.47. The van der Waals surface area contributed by atoms with Crippen molar-refractivity contribution in [1.29, 1.82) is 0 Å². The lowest BCUT2D eigenvalue weighted by Gasteiger charge is -2.31. The number of carboxylic acid groups (broad SMARTS) is 1. The fraction of sp³-hybridized carbons (Fsp3) is 0.467. The Balaban J connectivity index is 2.13. The predicted octanol–water partition coefficient (Wildman–Crippen LogP) is 3.09. The molecule has 2 N–H and O–H groups in total. The molecule has 1 atom stereocenters. The van der Waals surface area contributed by atoms with E-state index < -0.39 is 11.9 Å². The SMILES string of the molecule is COc1cc(Br)cc(C)c1NC(=O)N1CCCC(C(=O)O)C1. The molecule has 1 unspecified atom stereocenters. The standard InChI is InChI=1S/C15H19BrN2O4/c1-9-6-11(16)7-12(22-2)13(9)17-15(21)18-5-3-4-10(8-18)14(19)20/h6-7,10H,3-5,8H2,1-2H3,(H,17,21)(H,19,20). The van der Waals surface area contributed by atoms with E-state index in [4.69, 9.17) is 9.84 Å². The number of benzene rings is 1. The Labute approximate surface area is 137 Å². The number of urea groups is 1. The third kappa shape index (κ3) is 3.71. The van der Waals surface area contributed by atoms with Gasteiger partial charge in [-0.2, -0.15) is 0 Å². The van der Waals surface area contributed by atoms with Crippen molar-refractivity contribution in [3.8, 4) is 5.75 Å². The Morgan fingerprint density at radius 2 is 2.18 bits per heavy atom. The molecular formula is C15H19BrN2O4. The molecule has 1 fully saturated rings. The van der Waals surface area contributed by atoms with Crippen molar-refractivity contribution < 1.29 is 19.4 Å². The van der Waals surface area contributed by atoms with E-state index in [1.165, 1.54) is 7.11 Å². The summed E-state index contributed by atoms with van der Waals surface area (Å²) in [6.45, 7) is 2.67. The quantitative estimate of drug-likeness (QED) is 0.856. The second kappa shape index (κ2) is 7.00. The van der Waals surface area contributed by atoms with Crippen LogP contribution in [0.15, 0.2) is 16.6 Å². The monoisotopic (exact) mass is 370 g/mol. The number of hydrogen-bond donors (Lipinski definition) is 2. The minimum Gasteiger partial charge on any atom is -0.495 e. The molecule has 2 amide bonds. The van der Waals surface area contributed by atoms with Gasteiger partial charge in [0.1, 0.15) is 5.75 Å². The number of likely N-dealkylation sites (tertiary alicyclic amines) is 1. The van der Waals surface area contributed by atoms with E-state index >= 15 is 0 Å². The van der Waals surface area contributed by atoms with Crippen LogP contribution >= 0.6 is 15.9 Å². The van der Waals surface area contributed by atoms with Gasteiger partial charge in [-0.3, -0.25) is 4.79 Å². The van der Waals surface area contributed by atoms with Gasteiger partial charge in [-0.25, -0.2) is 4.79 Å². The van der Waals surface area contributed by atoms with Crippen molar-refractivity contribution in [1.82, 2.24) is 4.90 Å². The largest absolute Gasteiger partial charge is 0.495 e. The molecule has 120 valence electrons. The molecule has 1 aliphatic heterocycles. The lowest BCUT2D eigenvalue weighted by Crippen LogP contribution is -2.44. The summed E-state index contributed by atoms with van der Waals surface area (Å²) in [6, 6.07) is 3.36. The van der Waals surface area contributed by atoms with E-state index in [-0.39, 0.29) is 12.6 Å². The Morgan fingerprint density at radius 1 is 1.45 bits per heavy atom. The zero-order valence-corrected chi connectivity index (χ0v) is 14.1. The Morgan fingerprint density at radius 3 is 2.82 bits per heavy atom. The van der Waals surface area contributed by atoms with Crippen molar-refractivity contribution in [3.63, 3.8) is 0 Å². The van der Waals surface area contributed by atoms with Gasteiger partial charge in [0.05, 0.1) is 18.7 Å². The van der Waals surface area contributed by atoms with Gasteiger partial charge >= 0.3 is 12.0 Å². The molecule has 0 aliphatic carbocycles. The normalized spacial score (nSPS) is 18.0. The second-order valence-corrected chi connectivity index (χ2v) is 6.27. The number of aliphatic carboxylic acids is 1. The van der Waals surface area contributed by atoms with Crippen LogP contribution in [-0.2, 0) is 4.79 Å². The van der Waals surface area contributed by atoms with Crippen LogP contribution < -0.4 is 10.1 Å². The highest BCUT2D eigenvalue weighted by Gasteiger charge is 2.28. The number of carbonyl (C=O) groups is 2. The number of ether oxygens (including phenoxy) is 1.